The van der Waals surface area contributed by atoms with Crippen molar-refractivity contribution in [1.29, 1.82) is 0 Å². The molecule has 0 saturated heterocycles. The van der Waals surface area contributed by atoms with Gasteiger partial charge in [0.1, 0.15) is 9.84 Å². The molecule has 1 aromatic rings. The molecule has 0 saturated carbocycles. The molecule has 0 fully saturated rings. The molecule has 1 aliphatic rings. The highest BCUT2D eigenvalue weighted by atomic mass is 35.5. The summed E-state index contributed by atoms with van der Waals surface area (Å²) in [5, 5.41) is 0.0262. The number of sulfone groups is 1. The highest BCUT2D eigenvalue weighted by molar-refractivity contribution is 7.90. The lowest BCUT2D eigenvalue weighted by atomic mass is 9.92. The maximum atomic E-state index is 11.2. The fourth-order valence-electron chi connectivity index (χ4n) is 2.88. The molecule has 0 amide bonds. The van der Waals surface area contributed by atoms with Crippen LogP contribution in [0.1, 0.15) is 42.2 Å². The SMILES string of the molecule is CS(=O)(=O)CCCC1CCCc2ccccc2C1Cl. The minimum Gasteiger partial charge on any atom is -0.229 e. The summed E-state index contributed by atoms with van der Waals surface area (Å²) >= 11 is 6.62. The normalized spacial score (nSPS) is 23.7. The highest BCUT2D eigenvalue weighted by Crippen LogP contribution is 2.40. The number of fused-ring (bicyclic) bond motifs is 1. The van der Waals surface area contributed by atoms with Crippen molar-refractivity contribution in [2.45, 2.75) is 37.5 Å². The molecular weight excluding hydrogens is 280 g/mol. The van der Waals surface area contributed by atoms with Crippen molar-refractivity contribution in [3.63, 3.8) is 0 Å². The first-order valence-corrected chi connectivity index (χ1v) is 9.36. The van der Waals surface area contributed by atoms with Crippen LogP contribution < -0.4 is 0 Å². The Labute approximate surface area is 121 Å². The summed E-state index contributed by atoms with van der Waals surface area (Å²) in [7, 11) is -2.86. The van der Waals surface area contributed by atoms with Crippen LogP contribution in [0.5, 0.6) is 0 Å². The first-order valence-electron chi connectivity index (χ1n) is 6.87. The summed E-state index contributed by atoms with van der Waals surface area (Å²) in [5.41, 5.74) is 2.60. The predicted octanol–water partition coefficient (Wildman–Crippen LogP) is 3.74. The van der Waals surface area contributed by atoms with E-state index < -0.39 is 9.84 Å². The van der Waals surface area contributed by atoms with Crippen molar-refractivity contribution >= 4 is 21.4 Å². The first-order chi connectivity index (χ1) is 8.97. The van der Waals surface area contributed by atoms with Gasteiger partial charge in [-0.25, -0.2) is 8.42 Å². The van der Waals surface area contributed by atoms with Gasteiger partial charge in [0.25, 0.3) is 0 Å². The minimum atomic E-state index is -2.86. The van der Waals surface area contributed by atoms with E-state index in [0.29, 0.717) is 5.92 Å². The molecule has 0 aromatic heterocycles. The molecule has 0 bridgehead atoms. The van der Waals surface area contributed by atoms with E-state index in [9.17, 15) is 8.42 Å². The quantitative estimate of drug-likeness (QED) is 0.627. The van der Waals surface area contributed by atoms with Crippen LogP contribution in [0.15, 0.2) is 24.3 Å². The van der Waals surface area contributed by atoms with E-state index in [0.717, 1.165) is 32.1 Å². The van der Waals surface area contributed by atoms with Crippen molar-refractivity contribution in [2.75, 3.05) is 12.0 Å². The molecule has 19 heavy (non-hydrogen) atoms. The number of halogens is 1. The Balaban J connectivity index is 2.03. The molecule has 2 unspecified atom stereocenters. The molecule has 106 valence electrons. The Morgan fingerprint density at radius 3 is 2.79 bits per heavy atom. The average molecular weight is 301 g/mol. The summed E-state index contributed by atoms with van der Waals surface area (Å²) in [6, 6.07) is 8.37. The lowest BCUT2D eigenvalue weighted by Crippen LogP contribution is -2.10. The molecule has 1 aliphatic carbocycles. The number of alkyl halides is 1. The zero-order chi connectivity index (χ0) is 13.9. The Bertz CT molecular complexity index is 525. The summed E-state index contributed by atoms with van der Waals surface area (Å²) in [6.45, 7) is 0. The summed E-state index contributed by atoms with van der Waals surface area (Å²) < 4.78 is 22.4. The third kappa shape index (κ3) is 4.22. The molecule has 1 aromatic carbocycles. The molecule has 2 atom stereocenters. The molecule has 2 rings (SSSR count). The van der Waals surface area contributed by atoms with Crippen LogP contribution in [0.3, 0.4) is 0 Å². The van der Waals surface area contributed by atoms with Gasteiger partial charge in [-0.3, -0.25) is 0 Å². The van der Waals surface area contributed by atoms with Crippen molar-refractivity contribution in [1.82, 2.24) is 0 Å². The number of benzene rings is 1. The average Bonchev–Trinajstić information content (AvgIpc) is 2.49. The van der Waals surface area contributed by atoms with Crippen LogP contribution in [0, 0.1) is 5.92 Å². The summed E-state index contributed by atoms with van der Waals surface area (Å²) in [4.78, 5) is 0. The van der Waals surface area contributed by atoms with E-state index >= 15 is 0 Å². The van der Waals surface area contributed by atoms with E-state index in [4.69, 9.17) is 11.6 Å². The predicted molar refractivity (Wildman–Crippen MR) is 80.4 cm³/mol. The van der Waals surface area contributed by atoms with Crippen LogP contribution >= 0.6 is 11.6 Å². The third-order valence-corrected chi connectivity index (χ3v) is 5.50. The zero-order valence-electron chi connectivity index (χ0n) is 11.3. The maximum Gasteiger partial charge on any atom is 0.147 e. The monoisotopic (exact) mass is 300 g/mol. The third-order valence-electron chi connectivity index (χ3n) is 3.88. The van der Waals surface area contributed by atoms with E-state index in [-0.39, 0.29) is 11.1 Å². The second-order valence-electron chi connectivity index (χ2n) is 5.52. The van der Waals surface area contributed by atoms with Gasteiger partial charge in [0.15, 0.2) is 0 Å². The molecule has 0 heterocycles. The molecule has 0 spiro atoms. The number of rotatable bonds is 4. The largest absolute Gasteiger partial charge is 0.229 e. The van der Waals surface area contributed by atoms with E-state index in [1.54, 1.807) is 0 Å². The van der Waals surface area contributed by atoms with Gasteiger partial charge < -0.3 is 0 Å². The van der Waals surface area contributed by atoms with Gasteiger partial charge in [-0.15, -0.1) is 11.6 Å². The number of hydrogen-bond acceptors (Lipinski definition) is 2. The maximum absolute atomic E-state index is 11.2. The fourth-order valence-corrected chi connectivity index (χ4v) is 4.04. The van der Waals surface area contributed by atoms with E-state index in [2.05, 4.69) is 18.2 Å². The van der Waals surface area contributed by atoms with Gasteiger partial charge in [0.2, 0.25) is 0 Å². The van der Waals surface area contributed by atoms with Gasteiger partial charge >= 0.3 is 0 Å². The van der Waals surface area contributed by atoms with Crippen molar-refractivity contribution in [3.05, 3.63) is 35.4 Å². The molecule has 0 aliphatic heterocycles. The standard InChI is InChI=1S/C15H21ClO2S/c1-19(17,18)11-5-9-13-8-4-7-12-6-2-3-10-14(12)15(13)16/h2-3,6,10,13,15H,4-5,7-9,11H2,1H3. The lowest BCUT2D eigenvalue weighted by Gasteiger charge is -2.21. The van der Waals surface area contributed by atoms with Gasteiger partial charge in [0, 0.05) is 12.0 Å². The van der Waals surface area contributed by atoms with Gasteiger partial charge in [-0.2, -0.15) is 0 Å². The topological polar surface area (TPSA) is 34.1 Å². The van der Waals surface area contributed by atoms with Crippen LogP contribution in [0.2, 0.25) is 0 Å². The highest BCUT2D eigenvalue weighted by Gasteiger charge is 2.25. The Hall–Kier alpha value is -0.540. The molecule has 0 N–H and O–H groups in total. The zero-order valence-corrected chi connectivity index (χ0v) is 12.9. The van der Waals surface area contributed by atoms with Crippen LogP contribution in [-0.4, -0.2) is 20.4 Å². The molecular formula is C15H21ClO2S. The number of aryl methyl sites for hydroxylation is 1. The molecule has 2 nitrogen and oxygen atoms in total. The van der Waals surface area contributed by atoms with Crippen LogP contribution in [0.25, 0.3) is 0 Å². The van der Waals surface area contributed by atoms with Gasteiger partial charge in [0.05, 0.1) is 5.38 Å². The Morgan fingerprint density at radius 1 is 1.32 bits per heavy atom. The smallest absolute Gasteiger partial charge is 0.147 e. The molecule has 4 heteroatoms. The Morgan fingerprint density at radius 2 is 2.05 bits per heavy atom. The first kappa shape index (κ1) is 14.9. The minimum absolute atomic E-state index is 0.0262. The second-order valence-corrected chi connectivity index (χ2v) is 8.25. The van der Waals surface area contributed by atoms with Crippen molar-refractivity contribution < 1.29 is 8.42 Å². The summed E-state index contributed by atoms with van der Waals surface area (Å²) in [6.07, 6.45) is 6.23. The fraction of sp³-hybridized carbons (Fsp3) is 0.600. The van der Waals surface area contributed by atoms with Gasteiger partial charge in [-0.1, -0.05) is 24.3 Å². The van der Waals surface area contributed by atoms with Crippen molar-refractivity contribution in [3.8, 4) is 0 Å². The molecule has 0 radical (unpaired) electrons. The second kappa shape index (κ2) is 6.27. The lowest BCUT2D eigenvalue weighted by molar-refractivity contribution is 0.430. The number of hydrogen-bond donors (Lipinski definition) is 0. The van der Waals surface area contributed by atoms with Crippen LogP contribution in [0.4, 0.5) is 0 Å². The van der Waals surface area contributed by atoms with Crippen LogP contribution in [-0.2, 0) is 16.3 Å². The Kier molecular flexibility index (Phi) is 4.91. The van der Waals surface area contributed by atoms with Crippen molar-refractivity contribution in [2.24, 2.45) is 5.92 Å². The van der Waals surface area contributed by atoms with E-state index in [1.165, 1.54) is 17.4 Å². The summed E-state index contributed by atoms with van der Waals surface area (Å²) in [5.74, 6) is 0.668. The van der Waals surface area contributed by atoms with E-state index in [1.807, 2.05) is 6.07 Å². The van der Waals surface area contributed by atoms with Gasteiger partial charge in [-0.05, 0) is 49.1 Å².